The summed E-state index contributed by atoms with van der Waals surface area (Å²) < 4.78 is 5.70. The summed E-state index contributed by atoms with van der Waals surface area (Å²) in [5.41, 5.74) is 2.09. The maximum absolute atomic E-state index is 11.8. The van der Waals surface area contributed by atoms with Gasteiger partial charge in [-0.3, -0.25) is 9.59 Å². The number of benzene rings is 2. The molecule has 0 amide bonds. The van der Waals surface area contributed by atoms with Gasteiger partial charge in [0.05, 0.1) is 0 Å². The molecule has 0 saturated carbocycles. The van der Waals surface area contributed by atoms with Crippen LogP contribution in [0.1, 0.15) is 21.5 Å². The molecule has 0 spiro atoms. The van der Waals surface area contributed by atoms with Crippen LogP contribution in [0.15, 0.2) is 60.7 Å². The van der Waals surface area contributed by atoms with Crippen LogP contribution in [0.3, 0.4) is 0 Å². The summed E-state index contributed by atoms with van der Waals surface area (Å²) >= 11 is 0. The number of hydrogen-bond acceptors (Lipinski definition) is 3. The molecule has 0 heterocycles. The Hall–Kier alpha value is -2.68. The van der Waals surface area contributed by atoms with Gasteiger partial charge < -0.3 is 4.74 Å². The summed E-state index contributed by atoms with van der Waals surface area (Å²) in [6.45, 7) is 0.364. The molecule has 98 valence electrons. The van der Waals surface area contributed by atoms with Crippen molar-refractivity contribution in [3.8, 4) is 0 Å². The van der Waals surface area contributed by atoms with Crippen molar-refractivity contribution >= 4 is 17.3 Å². The maximum atomic E-state index is 11.8. The lowest BCUT2D eigenvalue weighted by molar-refractivity contribution is -0.111. The van der Waals surface area contributed by atoms with Crippen LogP contribution >= 0.6 is 0 Å². The van der Waals surface area contributed by atoms with E-state index in [0.717, 1.165) is 5.56 Å². The number of rotatable bonds is 3. The summed E-state index contributed by atoms with van der Waals surface area (Å²) in [6.07, 6.45) is 1.27. The van der Waals surface area contributed by atoms with Crippen molar-refractivity contribution in [2.24, 2.45) is 0 Å². The molecule has 20 heavy (non-hydrogen) atoms. The highest BCUT2D eigenvalue weighted by atomic mass is 16.5. The molecule has 3 heteroatoms. The first kappa shape index (κ1) is 12.4. The van der Waals surface area contributed by atoms with E-state index in [1.54, 1.807) is 18.2 Å². The minimum atomic E-state index is -0.535. The highest BCUT2D eigenvalue weighted by molar-refractivity contribution is 6.50. The lowest BCUT2D eigenvalue weighted by Gasteiger charge is -2.16. The predicted molar refractivity (Wildman–Crippen MR) is 75.0 cm³/mol. The summed E-state index contributed by atoms with van der Waals surface area (Å²) in [5.74, 6) is -0.562. The molecule has 2 aromatic rings. The first-order valence-corrected chi connectivity index (χ1v) is 6.32. The van der Waals surface area contributed by atoms with Crippen LogP contribution in [0.2, 0.25) is 0 Å². The van der Waals surface area contributed by atoms with E-state index in [-0.39, 0.29) is 0 Å². The van der Waals surface area contributed by atoms with Gasteiger partial charge in [0.25, 0.3) is 0 Å². The van der Waals surface area contributed by atoms with Gasteiger partial charge in [0.1, 0.15) is 12.4 Å². The monoisotopic (exact) mass is 264 g/mol. The van der Waals surface area contributed by atoms with E-state index in [9.17, 15) is 9.59 Å². The number of carbonyl (C=O) groups excluding carboxylic acids is 2. The molecule has 0 atom stereocenters. The van der Waals surface area contributed by atoms with Crippen LogP contribution in [0.25, 0.3) is 5.76 Å². The fourth-order valence-corrected chi connectivity index (χ4v) is 2.15. The molecule has 0 N–H and O–H groups in total. The highest BCUT2D eigenvalue weighted by Gasteiger charge is 2.26. The van der Waals surface area contributed by atoms with Crippen molar-refractivity contribution in [1.29, 1.82) is 0 Å². The lowest BCUT2D eigenvalue weighted by atomic mass is 9.94. The average Bonchev–Trinajstić information content (AvgIpc) is 2.50. The lowest BCUT2D eigenvalue weighted by Crippen LogP contribution is -2.19. The van der Waals surface area contributed by atoms with E-state index in [1.165, 1.54) is 6.08 Å². The minimum Gasteiger partial charge on any atom is -0.488 e. The Kier molecular flexibility index (Phi) is 3.17. The molecule has 0 saturated heterocycles. The molecule has 0 bridgehead atoms. The zero-order valence-corrected chi connectivity index (χ0v) is 10.7. The van der Waals surface area contributed by atoms with Gasteiger partial charge in [0.2, 0.25) is 11.6 Å². The first-order valence-electron chi connectivity index (χ1n) is 6.32. The van der Waals surface area contributed by atoms with Crippen LogP contribution in [0, 0.1) is 0 Å². The average molecular weight is 264 g/mol. The third kappa shape index (κ3) is 2.26. The minimum absolute atomic E-state index is 0.364. The van der Waals surface area contributed by atoms with Crippen molar-refractivity contribution in [2.75, 3.05) is 0 Å². The summed E-state index contributed by atoms with van der Waals surface area (Å²) in [7, 11) is 0. The molecular formula is C17H12O3. The van der Waals surface area contributed by atoms with Gasteiger partial charge in [-0.25, -0.2) is 0 Å². The Morgan fingerprint density at radius 1 is 0.800 bits per heavy atom. The second-order valence-electron chi connectivity index (χ2n) is 4.52. The second-order valence-corrected chi connectivity index (χ2v) is 4.52. The number of ketones is 2. The smallest absolute Gasteiger partial charge is 0.233 e. The molecule has 0 radical (unpaired) electrons. The fraction of sp³-hybridized carbons (Fsp3) is 0.0588. The molecule has 3 nitrogen and oxygen atoms in total. The Balaban J connectivity index is 1.88. The molecule has 1 aliphatic carbocycles. The van der Waals surface area contributed by atoms with Gasteiger partial charge in [-0.2, -0.15) is 0 Å². The van der Waals surface area contributed by atoms with E-state index >= 15 is 0 Å². The molecule has 0 aliphatic heterocycles. The largest absolute Gasteiger partial charge is 0.488 e. The van der Waals surface area contributed by atoms with Gasteiger partial charge in [-0.1, -0.05) is 54.6 Å². The zero-order chi connectivity index (χ0) is 13.9. The number of carbonyl (C=O) groups is 2. The quantitative estimate of drug-likeness (QED) is 0.800. The van der Waals surface area contributed by atoms with Crippen LogP contribution in [-0.2, 0) is 16.1 Å². The molecule has 3 rings (SSSR count). The number of Topliss-reactive ketones (excluding diaryl/α,β-unsaturated/α-hetero) is 1. The summed E-state index contributed by atoms with van der Waals surface area (Å²) in [5, 5.41) is 0. The van der Waals surface area contributed by atoms with Crippen molar-refractivity contribution in [3.63, 3.8) is 0 Å². The van der Waals surface area contributed by atoms with Gasteiger partial charge in [0.15, 0.2) is 0 Å². The fourth-order valence-electron chi connectivity index (χ4n) is 2.15. The highest BCUT2D eigenvalue weighted by Crippen LogP contribution is 2.26. The van der Waals surface area contributed by atoms with Crippen molar-refractivity contribution in [3.05, 3.63) is 77.4 Å². The standard InChI is InChI=1S/C17H12O3/c18-15-10-16(20-11-12-6-2-1-3-7-12)13-8-4-5-9-14(13)17(15)19/h1-10H,11H2. The zero-order valence-electron chi connectivity index (χ0n) is 10.7. The summed E-state index contributed by atoms with van der Waals surface area (Å²) in [6, 6.07) is 16.7. The van der Waals surface area contributed by atoms with Crippen LogP contribution in [-0.4, -0.2) is 11.6 Å². The SMILES string of the molecule is O=C1C=C(OCc2ccccc2)c2ccccc2C1=O. The molecular weight excluding hydrogens is 252 g/mol. The number of ether oxygens (including phenoxy) is 1. The molecule has 1 aliphatic rings. The normalized spacial score (nSPS) is 13.7. The topological polar surface area (TPSA) is 43.4 Å². The van der Waals surface area contributed by atoms with E-state index < -0.39 is 11.6 Å². The molecule has 0 fully saturated rings. The van der Waals surface area contributed by atoms with Gasteiger partial charge >= 0.3 is 0 Å². The van der Waals surface area contributed by atoms with Crippen molar-refractivity contribution < 1.29 is 14.3 Å². The van der Waals surface area contributed by atoms with Crippen molar-refractivity contribution in [1.82, 2.24) is 0 Å². The van der Waals surface area contributed by atoms with Crippen LogP contribution in [0.4, 0.5) is 0 Å². The Labute approximate surface area is 116 Å². The predicted octanol–water partition coefficient (Wildman–Crippen LogP) is 3.01. The number of fused-ring (bicyclic) bond motifs is 1. The molecule has 0 aromatic heterocycles. The van der Waals surface area contributed by atoms with Crippen LogP contribution < -0.4 is 0 Å². The van der Waals surface area contributed by atoms with Crippen LogP contribution in [0.5, 0.6) is 0 Å². The summed E-state index contributed by atoms with van der Waals surface area (Å²) in [4.78, 5) is 23.5. The van der Waals surface area contributed by atoms with Gasteiger partial charge in [0, 0.05) is 17.2 Å². The van der Waals surface area contributed by atoms with Crippen molar-refractivity contribution in [2.45, 2.75) is 6.61 Å². The second kappa shape index (κ2) is 5.13. The third-order valence-corrected chi connectivity index (χ3v) is 3.16. The Morgan fingerprint density at radius 2 is 1.45 bits per heavy atom. The van der Waals surface area contributed by atoms with Gasteiger partial charge in [-0.05, 0) is 5.56 Å². The molecule has 2 aromatic carbocycles. The third-order valence-electron chi connectivity index (χ3n) is 3.16. The van der Waals surface area contributed by atoms with E-state index in [0.29, 0.717) is 23.5 Å². The number of allylic oxidation sites excluding steroid dienone is 1. The van der Waals surface area contributed by atoms with E-state index in [4.69, 9.17) is 4.74 Å². The Bertz CT molecular complexity index is 699. The van der Waals surface area contributed by atoms with E-state index in [1.807, 2.05) is 36.4 Å². The molecule has 0 unspecified atom stereocenters. The Morgan fingerprint density at radius 3 is 2.20 bits per heavy atom. The number of hydrogen-bond donors (Lipinski definition) is 0. The first-order chi connectivity index (χ1) is 9.75. The maximum Gasteiger partial charge on any atom is 0.233 e. The van der Waals surface area contributed by atoms with E-state index in [2.05, 4.69) is 0 Å². The van der Waals surface area contributed by atoms with Gasteiger partial charge in [-0.15, -0.1) is 0 Å².